The van der Waals surface area contributed by atoms with Crippen molar-refractivity contribution in [3.8, 4) is 0 Å². The summed E-state index contributed by atoms with van der Waals surface area (Å²) in [5.41, 5.74) is 7.51. The van der Waals surface area contributed by atoms with Gasteiger partial charge in [-0.05, 0) is 58.4 Å². The number of carbonyl (C=O) groups is 1. The van der Waals surface area contributed by atoms with E-state index >= 15 is 0 Å². The molecule has 0 aliphatic heterocycles. The molecule has 98 valence electrons. The van der Waals surface area contributed by atoms with E-state index in [-0.39, 0.29) is 6.03 Å². The normalized spacial score (nSPS) is 10.0. The van der Waals surface area contributed by atoms with E-state index in [1.54, 1.807) is 42.5 Å². The lowest BCUT2D eigenvalue weighted by atomic mass is 10.3. The summed E-state index contributed by atoms with van der Waals surface area (Å²) in [6.45, 7) is 0. The van der Waals surface area contributed by atoms with Gasteiger partial charge in [0.25, 0.3) is 0 Å². The Balaban J connectivity index is 2.03. The Labute approximate surface area is 124 Å². The summed E-state index contributed by atoms with van der Waals surface area (Å²) >= 11 is 9.15. The first kappa shape index (κ1) is 13.7. The van der Waals surface area contributed by atoms with Crippen LogP contribution in [-0.4, -0.2) is 6.03 Å². The summed E-state index contributed by atoms with van der Waals surface area (Å²) in [4.78, 5) is 11.8. The second kappa shape index (κ2) is 5.95. The molecule has 4 nitrogen and oxygen atoms in total. The molecule has 0 saturated heterocycles. The Morgan fingerprint density at radius 2 is 1.79 bits per heavy atom. The molecule has 0 bridgehead atoms. The quantitative estimate of drug-likeness (QED) is 0.712. The summed E-state index contributed by atoms with van der Waals surface area (Å²) in [6, 6.07) is 11.7. The highest BCUT2D eigenvalue weighted by atomic mass is 79.9. The summed E-state index contributed by atoms with van der Waals surface area (Å²) in [6.07, 6.45) is 0. The van der Waals surface area contributed by atoms with Gasteiger partial charge in [0.2, 0.25) is 0 Å². The van der Waals surface area contributed by atoms with E-state index in [9.17, 15) is 4.79 Å². The molecule has 0 aliphatic rings. The van der Waals surface area contributed by atoms with Crippen molar-refractivity contribution in [3.63, 3.8) is 0 Å². The molecule has 0 heterocycles. The third kappa shape index (κ3) is 3.87. The zero-order valence-corrected chi connectivity index (χ0v) is 12.1. The second-order valence-electron chi connectivity index (χ2n) is 3.83. The monoisotopic (exact) mass is 339 g/mol. The number of nitrogens with two attached hydrogens (primary N) is 1. The number of hydrogen-bond acceptors (Lipinski definition) is 2. The Morgan fingerprint density at radius 1 is 1.11 bits per heavy atom. The number of urea groups is 1. The highest BCUT2D eigenvalue weighted by Crippen LogP contribution is 2.26. The van der Waals surface area contributed by atoms with Crippen LogP contribution in [0.25, 0.3) is 0 Å². The van der Waals surface area contributed by atoms with Crippen LogP contribution in [-0.2, 0) is 0 Å². The van der Waals surface area contributed by atoms with Crippen LogP contribution >= 0.6 is 27.5 Å². The fourth-order valence-corrected chi connectivity index (χ4v) is 2.22. The first-order valence-corrected chi connectivity index (χ1v) is 6.60. The van der Waals surface area contributed by atoms with Gasteiger partial charge in [-0.2, -0.15) is 0 Å². The molecule has 0 radical (unpaired) electrons. The number of halogens is 2. The minimum atomic E-state index is -0.340. The standard InChI is InChI=1S/C13H11BrClN3O/c14-11-7-8(15)1-6-12(11)18-13(19)17-10-4-2-9(16)3-5-10/h1-7H,16H2,(H2,17,18,19). The molecule has 4 N–H and O–H groups in total. The van der Waals surface area contributed by atoms with Crippen LogP contribution in [0.4, 0.5) is 21.9 Å². The molecule has 2 amide bonds. The number of rotatable bonds is 2. The summed E-state index contributed by atoms with van der Waals surface area (Å²) in [7, 11) is 0. The molecular formula is C13H11BrClN3O. The lowest BCUT2D eigenvalue weighted by molar-refractivity contribution is 0.262. The van der Waals surface area contributed by atoms with Crippen molar-refractivity contribution in [1.82, 2.24) is 0 Å². The van der Waals surface area contributed by atoms with Crippen molar-refractivity contribution in [2.24, 2.45) is 0 Å². The molecule has 0 atom stereocenters. The number of nitrogen functional groups attached to an aromatic ring is 1. The number of anilines is 3. The van der Waals surface area contributed by atoms with Gasteiger partial charge in [-0.1, -0.05) is 11.6 Å². The smallest absolute Gasteiger partial charge is 0.323 e. The van der Waals surface area contributed by atoms with Gasteiger partial charge in [-0.15, -0.1) is 0 Å². The third-order valence-electron chi connectivity index (χ3n) is 2.35. The lowest BCUT2D eigenvalue weighted by Crippen LogP contribution is -2.19. The average Bonchev–Trinajstić information content (AvgIpc) is 2.36. The number of nitrogens with one attached hydrogen (secondary N) is 2. The van der Waals surface area contributed by atoms with Crippen LogP contribution in [0.3, 0.4) is 0 Å². The predicted octanol–water partition coefficient (Wildman–Crippen LogP) is 4.33. The highest BCUT2D eigenvalue weighted by Gasteiger charge is 2.06. The highest BCUT2D eigenvalue weighted by molar-refractivity contribution is 9.10. The number of hydrogen-bond donors (Lipinski definition) is 3. The van der Waals surface area contributed by atoms with Gasteiger partial charge in [-0.3, -0.25) is 0 Å². The Kier molecular flexibility index (Phi) is 4.29. The van der Waals surface area contributed by atoms with Crippen LogP contribution in [0, 0.1) is 0 Å². The van der Waals surface area contributed by atoms with Gasteiger partial charge < -0.3 is 16.4 Å². The molecule has 0 spiro atoms. The lowest BCUT2D eigenvalue weighted by Gasteiger charge is -2.09. The van der Waals surface area contributed by atoms with E-state index in [0.29, 0.717) is 26.6 Å². The van der Waals surface area contributed by atoms with Crippen molar-refractivity contribution in [3.05, 3.63) is 52.0 Å². The van der Waals surface area contributed by atoms with Crippen molar-refractivity contribution in [2.45, 2.75) is 0 Å². The van der Waals surface area contributed by atoms with Gasteiger partial charge in [-0.25, -0.2) is 4.79 Å². The minimum absolute atomic E-state index is 0.340. The second-order valence-corrected chi connectivity index (χ2v) is 5.12. The number of carbonyl (C=O) groups excluding carboxylic acids is 1. The zero-order chi connectivity index (χ0) is 13.8. The average molecular weight is 341 g/mol. The van der Waals surface area contributed by atoms with Gasteiger partial charge in [0.1, 0.15) is 0 Å². The van der Waals surface area contributed by atoms with Crippen LogP contribution in [0.2, 0.25) is 5.02 Å². The Hall–Kier alpha value is -1.72. The van der Waals surface area contributed by atoms with Crippen LogP contribution in [0.15, 0.2) is 46.9 Å². The van der Waals surface area contributed by atoms with E-state index in [2.05, 4.69) is 26.6 Å². The van der Waals surface area contributed by atoms with E-state index in [1.165, 1.54) is 0 Å². The van der Waals surface area contributed by atoms with Crippen molar-refractivity contribution in [1.29, 1.82) is 0 Å². The van der Waals surface area contributed by atoms with Gasteiger partial charge in [0, 0.05) is 20.9 Å². The summed E-state index contributed by atoms with van der Waals surface area (Å²) < 4.78 is 0.715. The molecule has 19 heavy (non-hydrogen) atoms. The number of benzene rings is 2. The molecular weight excluding hydrogens is 330 g/mol. The summed E-state index contributed by atoms with van der Waals surface area (Å²) in [5, 5.41) is 6.01. The van der Waals surface area contributed by atoms with E-state index in [0.717, 1.165) is 0 Å². The molecule has 6 heteroatoms. The fraction of sp³-hybridized carbons (Fsp3) is 0. The van der Waals surface area contributed by atoms with Crippen molar-refractivity contribution in [2.75, 3.05) is 16.4 Å². The van der Waals surface area contributed by atoms with Gasteiger partial charge in [0.05, 0.1) is 5.69 Å². The van der Waals surface area contributed by atoms with Crippen LogP contribution < -0.4 is 16.4 Å². The fourth-order valence-electron chi connectivity index (χ4n) is 1.44. The van der Waals surface area contributed by atoms with E-state index in [4.69, 9.17) is 17.3 Å². The first-order chi connectivity index (χ1) is 9.04. The first-order valence-electron chi connectivity index (χ1n) is 5.43. The SMILES string of the molecule is Nc1ccc(NC(=O)Nc2ccc(Cl)cc2Br)cc1. The molecule has 0 saturated carbocycles. The molecule has 0 aliphatic carbocycles. The Morgan fingerprint density at radius 3 is 2.42 bits per heavy atom. The van der Waals surface area contributed by atoms with Crippen molar-refractivity contribution >= 4 is 50.6 Å². The van der Waals surface area contributed by atoms with E-state index < -0.39 is 0 Å². The van der Waals surface area contributed by atoms with Crippen LogP contribution in [0.5, 0.6) is 0 Å². The van der Waals surface area contributed by atoms with Gasteiger partial charge in [0.15, 0.2) is 0 Å². The number of amides is 2. The molecule has 2 aromatic rings. The zero-order valence-electron chi connectivity index (χ0n) is 9.78. The maximum absolute atomic E-state index is 11.8. The molecule has 2 aromatic carbocycles. The maximum atomic E-state index is 11.8. The topological polar surface area (TPSA) is 67.1 Å². The van der Waals surface area contributed by atoms with E-state index in [1.807, 2.05) is 0 Å². The summed E-state index contributed by atoms with van der Waals surface area (Å²) in [5.74, 6) is 0. The molecule has 2 rings (SSSR count). The maximum Gasteiger partial charge on any atom is 0.323 e. The van der Waals surface area contributed by atoms with Crippen molar-refractivity contribution < 1.29 is 4.79 Å². The Bertz CT molecular complexity index is 601. The predicted molar refractivity (Wildman–Crippen MR) is 82.6 cm³/mol. The molecule has 0 aromatic heterocycles. The largest absolute Gasteiger partial charge is 0.399 e. The minimum Gasteiger partial charge on any atom is -0.399 e. The van der Waals surface area contributed by atoms with Crippen LogP contribution in [0.1, 0.15) is 0 Å². The molecule has 0 unspecified atom stereocenters. The molecule has 0 fully saturated rings. The third-order valence-corrected chi connectivity index (χ3v) is 3.24. The van der Waals surface area contributed by atoms with Gasteiger partial charge >= 0.3 is 6.03 Å².